The van der Waals surface area contributed by atoms with Crippen molar-refractivity contribution >= 4 is 17.7 Å². The summed E-state index contributed by atoms with van der Waals surface area (Å²) in [5.74, 6) is 0.155. The minimum Gasteiger partial charge on any atom is -0.356 e. The largest absolute Gasteiger partial charge is 0.356 e. The highest BCUT2D eigenvalue weighted by atomic mass is 32.2. The number of carbonyl (C=O) groups is 1. The van der Waals surface area contributed by atoms with E-state index in [-0.39, 0.29) is 5.91 Å². The van der Waals surface area contributed by atoms with Gasteiger partial charge < -0.3 is 5.32 Å². The van der Waals surface area contributed by atoms with Gasteiger partial charge in [0.05, 0.1) is 0 Å². The zero-order chi connectivity index (χ0) is 10.3. The molecular weight excluding hydrogens is 182 g/mol. The van der Waals surface area contributed by atoms with Crippen LogP contribution < -0.4 is 5.32 Å². The molecule has 0 saturated carbocycles. The van der Waals surface area contributed by atoms with Crippen LogP contribution in [0.5, 0.6) is 0 Å². The molecular formula is C10H21NOS. The lowest BCUT2D eigenvalue weighted by atomic mass is 10.1. The van der Waals surface area contributed by atoms with Gasteiger partial charge in [-0.2, -0.15) is 11.8 Å². The van der Waals surface area contributed by atoms with Gasteiger partial charge in [0.2, 0.25) is 5.91 Å². The van der Waals surface area contributed by atoms with E-state index in [0.29, 0.717) is 11.2 Å². The summed E-state index contributed by atoms with van der Waals surface area (Å²) in [6.07, 6.45) is 4.94. The first-order chi connectivity index (χ1) is 6.02. The quantitative estimate of drug-likeness (QED) is 0.672. The van der Waals surface area contributed by atoms with Gasteiger partial charge in [-0.05, 0) is 19.1 Å². The molecule has 0 rings (SSSR count). The van der Waals surface area contributed by atoms with Gasteiger partial charge in [0.1, 0.15) is 0 Å². The molecule has 78 valence electrons. The van der Waals surface area contributed by atoms with Gasteiger partial charge in [0.25, 0.3) is 0 Å². The second-order valence-corrected chi connectivity index (χ2v) is 5.28. The van der Waals surface area contributed by atoms with Crippen LogP contribution in [0.1, 0.15) is 40.0 Å². The van der Waals surface area contributed by atoms with Crippen molar-refractivity contribution < 1.29 is 4.79 Å². The molecule has 2 nitrogen and oxygen atoms in total. The van der Waals surface area contributed by atoms with Gasteiger partial charge in [0.15, 0.2) is 0 Å². The number of amides is 1. The van der Waals surface area contributed by atoms with E-state index < -0.39 is 0 Å². The molecule has 0 aliphatic carbocycles. The maximum atomic E-state index is 10.9. The summed E-state index contributed by atoms with van der Waals surface area (Å²) in [6, 6.07) is 0. The van der Waals surface area contributed by atoms with Crippen LogP contribution in [0.15, 0.2) is 0 Å². The molecule has 0 heterocycles. The summed E-state index contributed by atoms with van der Waals surface area (Å²) in [5.41, 5.74) is 0. The second kappa shape index (κ2) is 6.30. The van der Waals surface area contributed by atoms with Crippen molar-refractivity contribution in [1.82, 2.24) is 5.32 Å². The topological polar surface area (TPSA) is 29.1 Å². The average molecular weight is 203 g/mol. The zero-order valence-electron chi connectivity index (χ0n) is 9.14. The fourth-order valence-corrected chi connectivity index (χ4v) is 1.32. The number of nitrogens with one attached hydrogen (secondary N) is 1. The maximum Gasteiger partial charge on any atom is 0.219 e. The van der Waals surface area contributed by atoms with Crippen molar-refractivity contribution in [3.8, 4) is 0 Å². The van der Waals surface area contributed by atoms with Crippen LogP contribution in [-0.4, -0.2) is 23.5 Å². The second-order valence-electron chi connectivity index (χ2n) is 3.77. The molecule has 0 aromatic rings. The molecule has 0 aliphatic heterocycles. The number of carbonyl (C=O) groups excluding carboxylic acids is 1. The smallest absolute Gasteiger partial charge is 0.219 e. The number of thioether (sulfide) groups is 1. The summed E-state index contributed by atoms with van der Waals surface area (Å²) in [6.45, 7) is 7.16. The van der Waals surface area contributed by atoms with E-state index in [1.54, 1.807) is 0 Å². The van der Waals surface area contributed by atoms with Crippen LogP contribution in [0, 0.1) is 0 Å². The molecule has 0 unspecified atom stereocenters. The van der Waals surface area contributed by atoms with E-state index >= 15 is 0 Å². The molecule has 0 aromatic carbocycles. The summed E-state index contributed by atoms with van der Waals surface area (Å²) in [5, 5.41) is 2.88. The molecule has 0 aliphatic rings. The van der Waals surface area contributed by atoms with Crippen molar-refractivity contribution in [1.29, 1.82) is 0 Å². The lowest BCUT2D eigenvalue weighted by Crippen LogP contribution is -2.25. The highest BCUT2D eigenvalue weighted by Gasteiger charge is 2.14. The highest BCUT2D eigenvalue weighted by molar-refractivity contribution is 7.99. The lowest BCUT2D eigenvalue weighted by molar-refractivity contribution is -0.120. The van der Waals surface area contributed by atoms with Crippen LogP contribution in [0.4, 0.5) is 0 Å². The third-order valence-corrected chi connectivity index (χ3v) is 3.46. The first kappa shape index (κ1) is 12.8. The Morgan fingerprint density at radius 2 is 2.08 bits per heavy atom. The summed E-state index contributed by atoms with van der Waals surface area (Å²) in [4.78, 5) is 10.9. The van der Waals surface area contributed by atoms with E-state index in [9.17, 15) is 4.79 Å². The number of hydrogen-bond acceptors (Lipinski definition) is 2. The Morgan fingerprint density at radius 1 is 1.46 bits per heavy atom. The molecule has 3 heteroatoms. The molecule has 0 fully saturated rings. The SMILES string of the molecule is CCC(=O)NCCCC(C)(C)SC. The van der Waals surface area contributed by atoms with Crippen molar-refractivity contribution in [2.24, 2.45) is 0 Å². The maximum absolute atomic E-state index is 10.9. The normalized spacial score (nSPS) is 11.4. The first-order valence-corrected chi connectivity index (χ1v) is 6.06. The fraction of sp³-hybridized carbons (Fsp3) is 0.900. The van der Waals surface area contributed by atoms with E-state index in [4.69, 9.17) is 0 Å². The van der Waals surface area contributed by atoms with E-state index in [2.05, 4.69) is 25.4 Å². The molecule has 13 heavy (non-hydrogen) atoms. The number of hydrogen-bond donors (Lipinski definition) is 1. The van der Waals surface area contributed by atoms with Gasteiger partial charge in [0, 0.05) is 17.7 Å². The number of rotatable bonds is 6. The average Bonchev–Trinajstić information content (AvgIpc) is 2.12. The van der Waals surface area contributed by atoms with E-state index in [1.165, 1.54) is 0 Å². The molecule has 1 amide bonds. The van der Waals surface area contributed by atoms with E-state index in [1.807, 2.05) is 18.7 Å². The van der Waals surface area contributed by atoms with Crippen LogP contribution in [0.2, 0.25) is 0 Å². The predicted octanol–water partition coefficient (Wildman–Crippen LogP) is 2.43. The first-order valence-electron chi connectivity index (χ1n) is 4.83. The monoisotopic (exact) mass is 203 g/mol. The van der Waals surface area contributed by atoms with Gasteiger partial charge >= 0.3 is 0 Å². The summed E-state index contributed by atoms with van der Waals surface area (Å²) in [7, 11) is 0. The zero-order valence-corrected chi connectivity index (χ0v) is 9.96. The van der Waals surface area contributed by atoms with Crippen LogP contribution in [-0.2, 0) is 4.79 Å². The third kappa shape index (κ3) is 6.94. The standard InChI is InChI=1S/C10H21NOS/c1-5-9(12)11-8-6-7-10(2,3)13-4/h5-8H2,1-4H3,(H,11,12). The van der Waals surface area contributed by atoms with Crippen molar-refractivity contribution in [3.63, 3.8) is 0 Å². The van der Waals surface area contributed by atoms with Gasteiger partial charge in [-0.3, -0.25) is 4.79 Å². The minimum atomic E-state index is 0.155. The Balaban J connectivity index is 3.41. The molecule has 1 N–H and O–H groups in total. The Morgan fingerprint density at radius 3 is 2.54 bits per heavy atom. The van der Waals surface area contributed by atoms with E-state index in [0.717, 1.165) is 19.4 Å². The predicted molar refractivity (Wildman–Crippen MR) is 60.1 cm³/mol. The third-order valence-electron chi connectivity index (χ3n) is 2.15. The fourth-order valence-electron chi connectivity index (χ4n) is 0.969. The molecule has 0 radical (unpaired) electrons. The summed E-state index contributed by atoms with van der Waals surface area (Å²) >= 11 is 1.88. The Labute approximate surface area is 85.9 Å². The molecule has 0 bridgehead atoms. The van der Waals surface area contributed by atoms with Crippen LogP contribution in [0.25, 0.3) is 0 Å². The van der Waals surface area contributed by atoms with Crippen molar-refractivity contribution in [2.45, 2.75) is 44.8 Å². The Hall–Kier alpha value is -0.180. The minimum absolute atomic E-state index is 0.155. The lowest BCUT2D eigenvalue weighted by Gasteiger charge is -2.21. The molecule has 0 atom stereocenters. The van der Waals surface area contributed by atoms with Crippen LogP contribution >= 0.6 is 11.8 Å². The molecule has 0 spiro atoms. The molecule has 0 aromatic heterocycles. The molecule has 0 saturated heterocycles. The summed E-state index contributed by atoms with van der Waals surface area (Å²) < 4.78 is 0.344. The van der Waals surface area contributed by atoms with Gasteiger partial charge in [-0.25, -0.2) is 0 Å². The van der Waals surface area contributed by atoms with Gasteiger partial charge in [-0.1, -0.05) is 20.8 Å². The van der Waals surface area contributed by atoms with Crippen LogP contribution in [0.3, 0.4) is 0 Å². The Bertz CT molecular complexity index is 157. The highest BCUT2D eigenvalue weighted by Crippen LogP contribution is 2.26. The van der Waals surface area contributed by atoms with Crippen molar-refractivity contribution in [2.75, 3.05) is 12.8 Å². The Kier molecular flexibility index (Phi) is 6.21. The van der Waals surface area contributed by atoms with Gasteiger partial charge in [-0.15, -0.1) is 0 Å². The van der Waals surface area contributed by atoms with Crippen molar-refractivity contribution in [3.05, 3.63) is 0 Å².